The molecule has 0 bridgehead atoms. The first kappa shape index (κ1) is 11.6. The highest BCUT2D eigenvalue weighted by Gasteiger charge is 2.13. The molecule has 17 heavy (non-hydrogen) atoms. The van der Waals surface area contributed by atoms with Crippen LogP contribution in [0.5, 0.6) is 0 Å². The maximum absolute atomic E-state index is 12.1. The quantitative estimate of drug-likeness (QED) is 0.815. The topological polar surface area (TPSA) is 45.8 Å². The van der Waals surface area contributed by atoms with E-state index in [9.17, 15) is 4.79 Å². The van der Waals surface area contributed by atoms with Crippen molar-refractivity contribution in [3.05, 3.63) is 51.2 Å². The summed E-state index contributed by atoms with van der Waals surface area (Å²) in [6.07, 6.45) is 0. The Balaban J connectivity index is 2.82. The van der Waals surface area contributed by atoms with Crippen molar-refractivity contribution in [2.45, 2.75) is 27.7 Å². The van der Waals surface area contributed by atoms with Gasteiger partial charge in [-0.1, -0.05) is 18.2 Å². The van der Waals surface area contributed by atoms with Crippen molar-refractivity contribution in [3.63, 3.8) is 0 Å². The molecule has 2 rings (SSSR count). The molecule has 2 aromatic rings. The molecule has 3 heteroatoms. The standard InChI is InChI=1S/C14H16N2O/c1-8-6-5-7-9(2)12(8)13-10(3)15-11(4)16-14(13)17/h5-7H,1-4H3,(H,15,16,17). The highest BCUT2D eigenvalue weighted by atomic mass is 16.1. The van der Waals surface area contributed by atoms with Gasteiger partial charge in [0.1, 0.15) is 5.82 Å². The molecule has 1 N–H and O–H groups in total. The monoisotopic (exact) mass is 228 g/mol. The van der Waals surface area contributed by atoms with E-state index in [1.165, 1.54) is 0 Å². The molecule has 0 aliphatic carbocycles. The van der Waals surface area contributed by atoms with E-state index in [2.05, 4.69) is 9.97 Å². The Bertz CT molecular complexity index is 606. The lowest BCUT2D eigenvalue weighted by Gasteiger charge is -2.11. The molecule has 1 heterocycles. The Morgan fingerprint density at radius 3 is 2.12 bits per heavy atom. The third-order valence-corrected chi connectivity index (χ3v) is 2.95. The Morgan fingerprint density at radius 2 is 1.59 bits per heavy atom. The van der Waals surface area contributed by atoms with E-state index in [1.54, 1.807) is 6.92 Å². The molecule has 0 aliphatic rings. The van der Waals surface area contributed by atoms with E-state index in [0.717, 1.165) is 22.4 Å². The summed E-state index contributed by atoms with van der Waals surface area (Å²) in [6.45, 7) is 7.70. The van der Waals surface area contributed by atoms with Crippen LogP contribution in [-0.2, 0) is 0 Å². The number of hydrogen-bond donors (Lipinski definition) is 1. The maximum Gasteiger partial charge on any atom is 0.259 e. The molecular formula is C14H16N2O. The minimum atomic E-state index is -0.0626. The molecule has 0 radical (unpaired) electrons. The van der Waals surface area contributed by atoms with Gasteiger partial charge in [-0.2, -0.15) is 0 Å². The Morgan fingerprint density at radius 1 is 1.00 bits per heavy atom. The predicted molar refractivity (Wildman–Crippen MR) is 69.2 cm³/mol. The number of aryl methyl sites for hydroxylation is 4. The summed E-state index contributed by atoms with van der Waals surface area (Å²) >= 11 is 0. The predicted octanol–water partition coefficient (Wildman–Crippen LogP) is 2.67. The summed E-state index contributed by atoms with van der Waals surface area (Å²) in [7, 11) is 0. The van der Waals surface area contributed by atoms with Crippen molar-refractivity contribution in [2.24, 2.45) is 0 Å². The lowest BCUT2D eigenvalue weighted by Crippen LogP contribution is -2.15. The molecule has 0 spiro atoms. The number of H-pyrrole nitrogens is 1. The van der Waals surface area contributed by atoms with Crippen molar-refractivity contribution >= 4 is 0 Å². The fraction of sp³-hybridized carbons (Fsp3) is 0.286. The van der Waals surface area contributed by atoms with Crippen molar-refractivity contribution in [1.82, 2.24) is 9.97 Å². The third kappa shape index (κ3) is 2.00. The number of nitrogens with zero attached hydrogens (tertiary/aromatic N) is 1. The van der Waals surface area contributed by atoms with Gasteiger partial charge in [0.05, 0.1) is 11.3 Å². The first-order chi connectivity index (χ1) is 8.00. The Labute approximate surface area is 101 Å². The number of aromatic nitrogens is 2. The zero-order chi connectivity index (χ0) is 12.6. The highest BCUT2D eigenvalue weighted by molar-refractivity contribution is 5.71. The molecule has 0 unspecified atom stereocenters. The summed E-state index contributed by atoms with van der Waals surface area (Å²) in [6, 6.07) is 6.03. The Hall–Kier alpha value is -1.90. The van der Waals surface area contributed by atoms with Crippen LogP contribution in [0.15, 0.2) is 23.0 Å². The van der Waals surface area contributed by atoms with E-state index in [1.807, 2.05) is 39.0 Å². The van der Waals surface area contributed by atoms with Crippen molar-refractivity contribution in [3.8, 4) is 11.1 Å². The number of hydrogen-bond acceptors (Lipinski definition) is 2. The zero-order valence-electron chi connectivity index (χ0n) is 10.6. The van der Waals surface area contributed by atoms with Crippen molar-refractivity contribution < 1.29 is 0 Å². The van der Waals surface area contributed by atoms with Crippen molar-refractivity contribution in [1.29, 1.82) is 0 Å². The van der Waals surface area contributed by atoms with E-state index >= 15 is 0 Å². The largest absolute Gasteiger partial charge is 0.310 e. The lowest BCUT2D eigenvalue weighted by molar-refractivity contribution is 0.984. The first-order valence-electron chi connectivity index (χ1n) is 5.65. The molecular weight excluding hydrogens is 212 g/mol. The summed E-state index contributed by atoms with van der Waals surface area (Å²) in [5, 5.41) is 0. The number of benzene rings is 1. The van der Waals surface area contributed by atoms with Crippen LogP contribution in [0.1, 0.15) is 22.6 Å². The first-order valence-corrected chi connectivity index (χ1v) is 5.65. The van der Waals surface area contributed by atoms with Crippen LogP contribution in [-0.4, -0.2) is 9.97 Å². The van der Waals surface area contributed by atoms with Gasteiger partial charge in [0, 0.05) is 0 Å². The molecule has 0 atom stereocenters. The molecule has 0 aliphatic heterocycles. The smallest absolute Gasteiger partial charge is 0.259 e. The SMILES string of the molecule is Cc1nc(C)c(-c2c(C)cccc2C)c(=O)[nH]1. The Kier molecular flexibility index (Phi) is 2.84. The minimum Gasteiger partial charge on any atom is -0.310 e. The van der Waals surface area contributed by atoms with Gasteiger partial charge in [0.15, 0.2) is 0 Å². The van der Waals surface area contributed by atoms with Crippen LogP contribution in [0.3, 0.4) is 0 Å². The van der Waals surface area contributed by atoms with Gasteiger partial charge in [0.2, 0.25) is 0 Å². The van der Waals surface area contributed by atoms with Crippen LogP contribution in [0.4, 0.5) is 0 Å². The molecule has 3 nitrogen and oxygen atoms in total. The van der Waals surface area contributed by atoms with Gasteiger partial charge in [-0.25, -0.2) is 4.98 Å². The summed E-state index contributed by atoms with van der Waals surface area (Å²) in [5.41, 5.74) is 4.61. The molecule has 1 aromatic heterocycles. The molecule has 0 saturated heterocycles. The summed E-state index contributed by atoms with van der Waals surface area (Å²) in [5.74, 6) is 0.655. The van der Waals surface area contributed by atoms with Crippen LogP contribution in [0.25, 0.3) is 11.1 Å². The molecule has 1 aromatic carbocycles. The van der Waals surface area contributed by atoms with Gasteiger partial charge >= 0.3 is 0 Å². The van der Waals surface area contributed by atoms with Gasteiger partial charge in [-0.05, 0) is 44.4 Å². The molecule has 88 valence electrons. The third-order valence-electron chi connectivity index (χ3n) is 2.95. The van der Waals surface area contributed by atoms with E-state index in [4.69, 9.17) is 0 Å². The second kappa shape index (κ2) is 4.17. The summed E-state index contributed by atoms with van der Waals surface area (Å²) < 4.78 is 0. The fourth-order valence-electron chi connectivity index (χ4n) is 2.23. The fourth-order valence-corrected chi connectivity index (χ4v) is 2.23. The second-order valence-electron chi connectivity index (χ2n) is 4.38. The summed E-state index contributed by atoms with van der Waals surface area (Å²) in [4.78, 5) is 19.2. The molecule has 0 fully saturated rings. The van der Waals surface area contributed by atoms with Crippen LogP contribution in [0, 0.1) is 27.7 Å². The van der Waals surface area contributed by atoms with Crippen LogP contribution in [0.2, 0.25) is 0 Å². The average Bonchev–Trinajstić information content (AvgIpc) is 2.21. The maximum atomic E-state index is 12.1. The number of nitrogens with one attached hydrogen (secondary N) is 1. The zero-order valence-corrected chi connectivity index (χ0v) is 10.6. The van der Waals surface area contributed by atoms with Gasteiger partial charge < -0.3 is 4.98 Å². The highest BCUT2D eigenvalue weighted by Crippen LogP contribution is 2.25. The number of aromatic amines is 1. The normalized spacial score (nSPS) is 10.6. The number of rotatable bonds is 1. The minimum absolute atomic E-state index is 0.0626. The average molecular weight is 228 g/mol. The lowest BCUT2D eigenvalue weighted by atomic mass is 9.96. The van der Waals surface area contributed by atoms with E-state index in [-0.39, 0.29) is 5.56 Å². The van der Waals surface area contributed by atoms with E-state index in [0.29, 0.717) is 11.4 Å². The van der Waals surface area contributed by atoms with Gasteiger partial charge in [0.25, 0.3) is 5.56 Å². The molecule has 0 saturated carbocycles. The van der Waals surface area contributed by atoms with E-state index < -0.39 is 0 Å². The van der Waals surface area contributed by atoms with Crippen LogP contribution < -0.4 is 5.56 Å². The van der Waals surface area contributed by atoms with Crippen LogP contribution >= 0.6 is 0 Å². The van der Waals surface area contributed by atoms with Gasteiger partial charge in [-0.15, -0.1) is 0 Å². The second-order valence-corrected chi connectivity index (χ2v) is 4.38. The molecule has 0 amide bonds. The van der Waals surface area contributed by atoms with Gasteiger partial charge in [-0.3, -0.25) is 4.79 Å². The van der Waals surface area contributed by atoms with Crippen molar-refractivity contribution in [2.75, 3.05) is 0 Å².